The Kier molecular flexibility index (Phi) is 8.84. The largest absolute Gasteiger partial charge is 0.364 e. The molecular weight excluding hydrogens is 512 g/mol. The molecule has 1 amide bonds. The van der Waals surface area contributed by atoms with Crippen molar-refractivity contribution in [3.8, 4) is 0 Å². The van der Waals surface area contributed by atoms with Gasteiger partial charge in [0.1, 0.15) is 22.7 Å². The molecule has 1 atom stereocenters. The number of halogens is 3. The summed E-state index contributed by atoms with van der Waals surface area (Å²) in [7, 11) is -3.89. The Morgan fingerprint density at radius 3 is 2.42 bits per heavy atom. The van der Waals surface area contributed by atoms with Gasteiger partial charge >= 0.3 is 5.82 Å². The van der Waals surface area contributed by atoms with E-state index < -0.39 is 32.3 Å². The van der Waals surface area contributed by atoms with Crippen molar-refractivity contribution in [3.05, 3.63) is 53.1 Å². The van der Waals surface area contributed by atoms with Crippen molar-refractivity contribution >= 4 is 39.8 Å². The molecular formula is C24H28ClF2N5O3S. The lowest BCUT2D eigenvalue weighted by Gasteiger charge is -2.39. The van der Waals surface area contributed by atoms with Gasteiger partial charge in [0.05, 0.1) is 6.20 Å². The Hall–Kier alpha value is -2.84. The van der Waals surface area contributed by atoms with E-state index in [0.29, 0.717) is 50.8 Å². The molecule has 194 valence electrons. The van der Waals surface area contributed by atoms with Gasteiger partial charge in [0.25, 0.3) is 0 Å². The predicted octanol–water partition coefficient (Wildman–Crippen LogP) is 3.97. The van der Waals surface area contributed by atoms with Gasteiger partial charge in [0.15, 0.2) is 15.7 Å². The maximum Gasteiger partial charge on any atom is 0.312 e. The lowest BCUT2D eigenvalue weighted by atomic mass is 9.93. The molecule has 1 aromatic heterocycles. The highest BCUT2D eigenvalue weighted by Gasteiger charge is 2.34. The Morgan fingerprint density at radius 2 is 1.75 bits per heavy atom. The average Bonchev–Trinajstić information content (AvgIpc) is 3.02. The zero-order valence-corrected chi connectivity index (χ0v) is 21.5. The van der Waals surface area contributed by atoms with Crippen LogP contribution in [0.1, 0.15) is 37.7 Å². The van der Waals surface area contributed by atoms with Gasteiger partial charge in [0, 0.05) is 37.8 Å². The summed E-state index contributed by atoms with van der Waals surface area (Å²) in [5, 5.41) is 0. The number of nitrogens with zero attached hydrogens (tertiary/aromatic N) is 5. The number of aromatic nitrogens is 2. The molecule has 2 aliphatic rings. The van der Waals surface area contributed by atoms with E-state index in [-0.39, 0.29) is 42.2 Å². The van der Waals surface area contributed by atoms with Crippen molar-refractivity contribution in [2.75, 3.05) is 30.8 Å². The fourth-order valence-electron chi connectivity index (χ4n) is 4.98. The standard InChI is InChI=1S/C24H27F2N5O3S.ClH/c1-27-22-23(29-9-8-28-22)30-11-6-18(7-12-30)31-10-4-3-5-16(24(31)32)13-17-14-20(26)21(15-19(17)25)35(2,33)34;/h8-9,14-16,18H,3-7,10-13H2,2H3;1H/t16-;/m1./s1. The van der Waals surface area contributed by atoms with Crippen LogP contribution in [0.5, 0.6) is 0 Å². The summed E-state index contributed by atoms with van der Waals surface area (Å²) >= 11 is 0. The van der Waals surface area contributed by atoms with E-state index in [9.17, 15) is 22.0 Å². The molecule has 2 aromatic rings. The average molecular weight is 540 g/mol. The second-order valence-corrected chi connectivity index (χ2v) is 11.1. The van der Waals surface area contributed by atoms with E-state index in [0.717, 1.165) is 25.2 Å². The quantitative estimate of drug-likeness (QED) is 0.534. The van der Waals surface area contributed by atoms with E-state index in [1.54, 1.807) is 6.20 Å². The number of benzene rings is 1. The Bertz CT molecular complexity index is 1260. The summed E-state index contributed by atoms with van der Waals surface area (Å²) in [6.07, 6.45) is 7.51. The number of likely N-dealkylation sites (tertiary alicyclic amines) is 1. The van der Waals surface area contributed by atoms with Gasteiger partial charge in [-0.1, -0.05) is 13.0 Å². The third-order valence-electron chi connectivity index (χ3n) is 6.77. The van der Waals surface area contributed by atoms with E-state index in [1.165, 1.54) is 6.20 Å². The molecule has 2 aliphatic heterocycles. The molecule has 0 spiro atoms. The first-order valence-electron chi connectivity index (χ1n) is 11.6. The summed E-state index contributed by atoms with van der Waals surface area (Å²) < 4.78 is 52.4. The first kappa shape index (κ1) is 27.7. The molecule has 4 rings (SSSR count). The van der Waals surface area contributed by atoms with Crippen LogP contribution < -0.4 is 4.90 Å². The summed E-state index contributed by atoms with van der Waals surface area (Å²) in [4.78, 5) is 28.5. The van der Waals surface area contributed by atoms with Gasteiger partial charge in [-0.2, -0.15) is 0 Å². The fourth-order valence-corrected chi connectivity index (χ4v) is 5.71. The van der Waals surface area contributed by atoms with E-state index in [1.807, 2.05) is 9.80 Å². The first-order chi connectivity index (χ1) is 16.7. The number of hydrogen-bond acceptors (Lipinski definition) is 6. The number of hydrogen-bond donors (Lipinski definition) is 0. The Morgan fingerprint density at radius 1 is 1.06 bits per heavy atom. The van der Waals surface area contributed by atoms with Crippen LogP contribution in [0, 0.1) is 24.1 Å². The van der Waals surface area contributed by atoms with Crippen molar-refractivity contribution in [2.45, 2.75) is 49.5 Å². The molecule has 0 unspecified atom stereocenters. The number of amides is 1. The van der Waals surface area contributed by atoms with Crippen molar-refractivity contribution in [2.24, 2.45) is 5.92 Å². The second-order valence-electron chi connectivity index (χ2n) is 9.11. The minimum atomic E-state index is -3.89. The highest BCUT2D eigenvalue weighted by Crippen LogP contribution is 2.31. The van der Waals surface area contributed by atoms with E-state index in [4.69, 9.17) is 6.57 Å². The second kappa shape index (κ2) is 11.5. The van der Waals surface area contributed by atoms with Crippen molar-refractivity contribution in [1.29, 1.82) is 0 Å². The van der Waals surface area contributed by atoms with Crippen LogP contribution in [0.2, 0.25) is 0 Å². The summed E-state index contributed by atoms with van der Waals surface area (Å²) in [6.45, 7) is 9.18. The maximum absolute atomic E-state index is 14.7. The van der Waals surface area contributed by atoms with Crippen LogP contribution in [0.3, 0.4) is 0 Å². The number of carbonyl (C=O) groups is 1. The molecule has 0 radical (unpaired) electrons. The minimum absolute atomic E-state index is 0. The minimum Gasteiger partial charge on any atom is -0.364 e. The molecule has 0 saturated carbocycles. The monoisotopic (exact) mass is 539 g/mol. The SMILES string of the molecule is Cl.[C-]#[N+]c1nccnc1N1CCC(N2CCCC[C@H](Cc3cc(F)c(S(C)(=O)=O)cc3F)C2=O)CC1. The Labute approximate surface area is 215 Å². The van der Waals surface area contributed by atoms with Crippen LogP contribution in [0.4, 0.5) is 20.4 Å². The van der Waals surface area contributed by atoms with Gasteiger partial charge in [-0.25, -0.2) is 22.2 Å². The van der Waals surface area contributed by atoms with Crippen LogP contribution in [-0.2, 0) is 21.1 Å². The smallest absolute Gasteiger partial charge is 0.312 e. The Balaban J connectivity index is 0.00000361. The van der Waals surface area contributed by atoms with Crippen LogP contribution >= 0.6 is 12.4 Å². The maximum atomic E-state index is 14.7. The molecule has 0 bridgehead atoms. The van der Waals surface area contributed by atoms with Gasteiger partial charge in [-0.15, -0.1) is 17.4 Å². The number of anilines is 1. The van der Waals surface area contributed by atoms with Crippen molar-refractivity contribution < 1.29 is 22.0 Å². The highest BCUT2D eigenvalue weighted by atomic mass is 35.5. The molecule has 1 aromatic carbocycles. The molecule has 0 aliphatic carbocycles. The third-order valence-corrected chi connectivity index (χ3v) is 7.88. The van der Waals surface area contributed by atoms with Gasteiger partial charge in [-0.05, 0) is 49.8 Å². The zero-order chi connectivity index (χ0) is 25.2. The fraction of sp³-hybridized carbons (Fsp3) is 0.500. The van der Waals surface area contributed by atoms with Crippen LogP contribution in [0.15, 0.2) is 29.4 Å². The topological polar surface area (TPSA) is 87.8 Å². The zero-order valence-electron chi connectivity index (χ0n) is 19.9. The molecule has 2 fully saturated rings. The molecule has 2 saturated heterocycles. The van der Waals surface area contributed by atoms with Crippen LogP contribution in [0.25, 0.3) is 4.85 Å². The van der Waals surface area contributed by atoms with Gasteiger partial charge in [-0.3, -0.25) is 4.79 Å². The molecule has 0 N–H and O–H groups in total. The highest BCUT2D eigenvalue weighted by molar-refractivity contribution is 7.90. The summed E-state index contributed by atoms with van der Waals surface area (Å²) in [5.41, 5.74) is 0.0132. The normalized spacial score (nSPS) is 19.4. The van der Waals surface area contributed by atoms with Crippen LogP contribution in [-0.4, -0.2) is 61.1 Å². The van der Waals surface area contributed by atoms with E-state index in [2.05, 4.69) is 14.8 Å². The predicted molar refractivity (Wildman–Crippen MR) is 133 cm³/mol. The molecule has 8 nitrogen and oxygen atoms in total. The summed E-state index contributed by atoms with van der Waals surface area (Å²) in [5.74, 6) is -1.58. The number of rotatable bonds is 5. The van der Waals surface area contributed by atoms with Gasteiger partial charge in [0.2, 0.25) is 5.91 Å². The number of carbonyl (C=O) groups excluding carboxylic acids is 1. The lowest BCUT2D eigenvalue weighted by Crippen LogP contribution is -2.49. The third kappa shape index (κ3) is 5.93. The van der Waals surface area contributed by atoms with Crippen molar-refractivity contribution in [1.82, 2.24) is 14.9 Å². The number of sulfone groups is 1. The van der Waals surface area contributed by atoms with Crippen molar-refractivity contribution in [3.63, 3.8) is 0 Å². The van der Waals surface area contributed by atoms with Gasteiger partial charge < -0.3 is 14.6 Å². The molecule has 3 heterocycles. The first-order valence-corrected chi connectivity index (χ1v) is 13.5. The number of piperidine rings is 1. The lowest BCUT2D eigenvalue weighted by molar-refractivity contribution is -0.137. The molecule has 12 heteroatoms. The summed E-state index contributed by atoms with van der Waals surface area (Å²) in [6, 6.07) is 1.63. The van der Waals surface area contributed by atoms with E-state index >= 15 is 0 Å². The molecule has 36 heavy (non-hydrogen) atoms.